The molecule has 0 saturated carbocycles. The number of hydrogen-bond donors (Lipinski definition) is 0. The molecule has 0 spiro atoms. The lowest BCUT2D eigenvalue weighted by molar-refractivity contribution is -0.145. The minimum absolute atomic E-state index is 0.354. The average Bonchev–Trinajstić information content (AvgIpc) is 2.05. The van der Waals surface area contributed by atoms with Crippen molar-refractivity contribution in [3.8, 4) is 0 Å². The van der Waals surface area contributed by atoms with Crippen molar-refractivity contribution >= 4 is 14.7 Å². The summed E-state index contributed by atoms with van der Waals surface area (Å²) in [4.78, 5) is 11.4. The van der Waals surface area contributed by atoms with Gasteiger partial charge >= 0.3 is 14.7 Å². The van der Waals surface area contributed by atoms with Crippen molar-refractivity contribution in [3.63, 3.8) is 0 Å². The normalized spacial score (nSPS) is 11.6. The van der Waals surface area contributed by atoms with Crippen molar-refractivity contribution in [1.29, 1.82) is 0 Å². The van der Waals surface area contributed by atoms with Crippen molar-refractivity contribution in [2.45, 2.75) is 46.5 Å². The molecule has 0 aliphatic carbocycles. The van der Waals surface area contributed by atoms with E-state index in [1.54, 1.807) is 0 Å². The number of rotatable bonds is 6. The van der Waals surface area contributed by atoms with Crippen molar-refractivity contribution in [3.05, 3.63) is 0 Å². The highest BCUT2D eigenvalue weighted by molar-refractivity contribution is 7.18. The van der Waals surface area contributed by atoms with Crippen LogP contribution in [0.15, 0.2) is 0 Å². The Balaban J connectivity index is 4.36. The summed E-state index contributed by atoms with van der Waals surface area (Å²) >= 11 is 0. The van der Waals surface area contributed by atoms with E-state index < -0.39 is 14.1 Å². The van der Waals surface area contributed by atoms with Gasteiger partial charge in [0, 0.05) is 0 Å². The summed E-state index contributed by atoms with van der Waals surface area (Å²) in [5.74, 6) is -0.354. The molecule has 4 heteroatoms. The predicted molar refractivity (Wildman–Crippen MR) is 51.6 cm³/mol. The standard InChI is InChI=1S/C9H17O3P/c1-4-6-9(3,7-5-2)8(10)12-13-11/h4-7H2,1-3H3. The molecule has 13 heavy (non-hydrogen) atoms. The second kappa shape index (κ2) is 6.09. The topological polar surface area (TPSA) is 43.4 Å². The van der Waals surface area contributed by atoms with Gasteiger partial charge in [-0.05, 0) is 19.8 Å². The fraction of sp³-hybridized carbons (Fsp3) is 0.889. The smallest absolute Gasteiger partial charge is 0.372 e. The van der Waals surface area contributed by atoms with Crippen LogP contribution in [0, 0.1) is 5.41 Å². The van der Waals surface area contributed by atoms with E-state index in [2.05, 4.69) is 4.52 Å². The Bertz CT molecular complexity index is 174. The zero-order valence-electron chi connectivity index (χ0n) is 8.50. The van der Waals surface area contributed by atoms with Crippen LogP contribution in [0.25, 0.3) is 0 Å². The summed E-state index contributed by atoms with van der Waals surface area (Å²) in [5.41, 5.74) is -0.457. The Labute approximate surface area is 81.1 Å². The van der Waals surface area contributed by atoms with E-state index in [0.717, 1.165) is 25.7 Å². The Morgan fingerprint density at radius 2 is 1.77 bits per heavy atom. The molecule has 0 aliphatic heterocycles. The minimum Gasteiger partial charge on any atom is -0.372 e. The number of carbonyl (C=O) groups is 1. The van der Waals surface area contributed by atoms with Crippen LogP contribution < -0.4 is 0 Å². The van der Waals surface area contributed by atoms with E-state index in [1.807, 2.05) is 20.8 Å². The van der Waals surface area contributed by atoms with Crippen LogP contribution in [-0.4, -0.2) is 5.97 Å². The molecule has 0 saturated heterocycles. The monoisotopic (exact) mass is 204 g/mol. The van der Waals surface area contributed by atoms with Crippen LogP contribution in [0.5, 0.6) is 0 Å². The number of hydrogen-bond acceptors (Lipinski definition) is 3. The van der Waals surface area contributed by atoms with E-state index >= 15 is 0 Å². The van der Waals surface area contributed by atoms with Crippen LogP contribution in [0.4, 0.5) is 0 Å². The third-order valence-corrected chi connectivity index (χ3v) is 2.46. The van der Waals surface area contributed by atoms with Gasteiger partial charge in [-0.2, -0.15) is 0 Å². The first kappa shape index (κ1) is 12.6. The lowest BCUT2D eigenvalue weighted by atomic mass is 9.81. The highest BCUT2D eigenvalue weighted by Gasteiger charge is 2.33. The first-order chi connectivity index (χ1) is 6.10. The first-order valence-corrected chi connectivity index (χ1v) is 5.38. The molecular formula is C9H17O3P. The highest BCUT2D eigenvalue weighted by atomic mass is 31.1. The summed E-state index contributed by atoms with van der Waals surface area (Å²) in [5, 5.41) is 0. The van der Waals surface area contributed by atoms with Gasteiger partial charge < -0.3 is 4.52 Å². The lowest BCUT2D eigenvalue weighted by Crippen LogP contribution is -2.27. The average molecular weight is 204 g/mol. The van der Waals surface area contributed by atoms with E-state index in [-0.39, 0.29) is 5.97 Å². The SMILES string of the molecule is CCCC(C)(CCC)C(=O)OP=O. The maximum atomic E-state index is 11.4. The molecule has 0 fully saturated rings. The minimum atomic E-state index is -0.545. The maximum Gasteiger partial charge on any atom is 0.398 e. The fourth-order valence-electron chi connectivity index (χ4n) is 1.58. The Morgan fingerprint density at radius 1 is 1.31 bits per heavy atom. The summed E-state index contributed by atoms with van der Waals surface area (Å²) in [6.07, 6.45) is 3.44. The molecule has 0 aromatic rings. The predicted octanol–water partition coefficient (Wildman–Crippen LogP) is 3.34. The van der Waals surface area contributed by atoms with Crippen LogP contribution >= 0.6 is 8.69 Å². The molecule has 0 heterocycles. The van der Waals surface area contributed by atoms with Gasteiger partial charge in [0.2, 0.25) is 0 Å². The zero-order chi connectivity index (χ0) is 10.3. The second-order valence-electron chi connectivity index (χ2n) is 3.51. The van der Waals surface area contributed by atoms with Gasteiger partial charge in [0.05, 0.1) is 5.41 Å². The van der Waals surface area contributed by atoms with Gasteiger partial charge in [0.25, 0.3) is 0 Å². The van der Waals surface area contributed by atoms with E-state index in [1.165, 1.54) is 0 Å². The second-order valence-corrected chi connectivity index (χ2v) is 3.85. The molecule has 0 aromatic heterocycles. The third-order valence-electron chi connectivity index (χ3n) is 2.22. The van der Waals surface area contributed by atoms with E-state index in [4.69, 9.17) is 0 Å². The van der Waals surface area contributed by atoms with Crippen molar-refractivity contribution in [2.24, 2.45) is 5.41 Å². The summed E-state index contributed by atoms with van der Waals surface area (Å²) < 4.78 is 14.6. The van der Waals surface area contributed by atoms with Crippen molar-refractivity contribution in [1.82, 2.24) is 0 Å². The molecule has 0 amide bonds. The van der Waals surface area contributed by atoms with Crippen molar-refractivity contribution < 1.29 is 13.9 Å². The largest absolute Gasteiger partial charge is 0.398 e. The first-order valence-electron chi connectivity index (χ1n) is 4.64. The van der Waals surface area contributed by atoms with Gasteiger partial charge in [-0.15, -0.1) is 0 Å². The lowest BCUT2D eigenvalue weighted by Gasteiger charge is -2.24. The van der Waals surface area contributed by atoms with Gasteiger partial charge in [-0.1, -0.05) is 26.7 Å². The molecule has 0 unspecified atom stereocenters. The molecular weight excluding hydrogens is 187 g/mol. The van der Waals surface area contributed by atoms with E-state index in [9.17, 15) is 9.36 Å². The summed E-state index contributed by atoms with van der Waals surface area (Å²) in [6, 6.07) is 0. The van der Waals surface area contributed by atoms with Gasteiger partial charge in [-0.25, -0.2) is 4.57 Å². The maximum absolute atomic E-state index is 11.4. The molecule has 0 atom stereocenters. The van der Waals surface area contributed by atoms with Crippen LogP contribution in [0.1, 0.15) is 46.5 Å². The molecule has 76 valence electrons. The molecule has 0 radical (unpaired) electrons. The highest BCUT2D eigenvalue weighted by Crippen LogP contribution is 2.31. The Kier molecular flexibility index (Phi) is 5.89. The van der Waals surface area contributed by atoms with Crippen LogP contribution in [0.2, 0.25) is 0 Å². The van der Waals surface area contributed by atoms with Gasteiger partial charge in [-0.3, -0.25) is 4.79 Å². The third kappa shape index (κ3) is 3.86. The molecule has 0 N–H and O–H groups in total. The molecule has 0 rings (SSSR count). The van der Waals surface area contributed by atoms with Gasteiger partial charge in [0.15, 0.2) is 0 Å². The molecule has 0 aliphatic rings. The summed E-state index contributed by atoms with van der Waals surface area (Å²) in [7, 11) is -0.545. The van der Waals surface area contributed by atoms with Crippen LogP contribution in [0.3, 0.4) is 0 Å². The molecule has 0 aromatic carbocycles. The zero-order valence-corrected chi connectivity index (χ0v) is 9.39. The van der Waals surface area contributed by atoms with Gasteiger partial charge in [0.1, 0.15) is 0 Å². The van der Waals surface area contributed by atoms with Crippen molar-refractivity contribution in [2.75, 3.05) is 0 Å². The molecule has 0 bridgehead atoms. The van der Waals surface area contributed by atoms with Crippen LogP contribution in [-0.2, 0) is 13.9 Å². The quantitative estimate of drug-likeness (QED) is 0.623. The fourth-order valence-corrected chi connectivity index (χ4v) is 1.86. The Hall–Kier alpha value is -0.430. The summed E-state index contributed by atoms with van der Waals surface area (Å²) in [6.45, 7) is 5.92. The van der Waals surface area contributed by atoms with E-state index in [0.29, 0.717) is 0 Å². The number of carbonyl (C=O) groups excluding carboxylic acids is 1. The molecule has 3 nitrogen and oxygen atoms in total. The Morgan fingerprint density at radius 3 is 2.08 bits per heavy atom.